The molecule has 17 heavy (non-hydrogen) atoms. The van der Waals surface area contributed by atoms with Gasteiger partial charge in [0.15, 0.2) is 5.82 Å². The fourth-order valence-corrected chi connectivity index (χ4v) is 1.78. The van der Waals surface area contributed by atoms with E-state index >= 15 is 0 Å². The Kier molecular flexibility index (Phi) is 5.40. The Morgan fingerprint density at radius 2 is 2.18 bits per heavy atom. The normalized spacial score (nSPS) is 12.2. The summed E-state index contributed by atoms with van der Waals surface area (Å²) in [4.78, 5) is 0. The quantitative estimate of drug-likeness (QED) is 0.806. The summed E-state index contributed by atoms with van der Waals surface area (Å²) < 4.78 is 25.5. The minimum atomic E-state index is -0.571. The zero-order chi connectivity index (χ0) is 12.8. The largest absolute Gasteiger partial charge is 0.325 e. The van der Waals surface area contributed by atoms with Crippen molar-refractivity contribution in [3.05, 3.63) is 34.1 Å². The zero-order valence-electron chi connectivity index (χ0n) is 9.35. The van der Waals surface area contributed by atoms with Gasteiger partial charge < -0.3 is 5.73 Å². The first-order chi connectivity index (χ1) is 8.08. The maximum atomic E-state index is 13.3. The van der Waals surface area contributed by atoms with E-state index in [2.05, 4.69) is 5.92 Å². The maximum absolute atomic E-state index is 13.3. The van der Waals surface area contributed by atoms with E-state index in [0.717, 1.165) is 12.0 Å². The van der Waals surface area contributed by atoms with Crippen LogP contribution in [0.3, 0.4) is 0 Å². The minimum Gasteiger partial charge on any atom is -0.325 e. The molecule has 0 saturated carbocycles. The topological polar surface area (TPSA) is 26.0 Å². The molecule has 92 valence electrons. The molecule has 0 amide bonds. The van der Waals surface area contributed by atoms with Gasteiger partial charge in [-0.3, -0.25) is 0 Å². The lowest BCUT2D eigenvalue weighted by atomic mass is 10.0. The molecule has 0 unspecified atom stereocenters. The van der Waals surface area contributed by atoms with E-state index in [1.54, 1.807) is 12.1 Å². The third-order valence-corrected chi connectivity index (χ3v) is 2.76. The van der Waals surface area contributed by atoms with Gasteiger partial charge in [0.05, 0.1) is 10.6 Å². The summed E-state index contributed by atoms with van der Waals surface area (Å²) in [5.74, 6) is 1.67. The first-order valence-corrected chi connectivity index (χ1v) is 5.72. The van der Waals surface area contributed by atoms with Gasteiger partial charge in [-0.25, -0.2) is 8.78 Å². The summed E-state index contributed by atoms with van der Waals surface area (Å²) in [5, 5.41) is 0.0187. The van der Waals surface area contributed by atoms with Gasteiger partial charge in [0.25, 0.3) is 0 Å². The molecule has 0 saturated heterocycles. The highest BCUT2D eigenvalue weighted by Gasteiger charge is 2.08. The predicted molar refractivity (Wildman–Crippen MR) is 66.2 cm³/mol. The first kappa shape index (κ1) is 14.0. The number of rotatable bonds is 5. The molecule has 2 N–H and O–H groups in total. The fourth-order valence-electron chi connectivity index (χ4n) is 1.54. The highest BCUT2D eigenvalue weighted by Crippen LogP contribution is 2.21. The highest BCUT2D eigenvalue weighted by atomic mass is 35.5. The molecule has 1 nitrogen and oxygen atoms in total. The van der Waals surface area contributed by atoms with Crippen molar-refractivity contribution in [2.75, 3.05) is 6.67 Å². The fraction of sp³-hybridized carbons (Fsp3) is 0.385. The molecule has 0 aromatic heterocycles. The number of halogens is 3. The third kappa shape index (κ3) is 3.99. The third-order valence-electron chi connectivity index (χ3n) is 2.48. The number of alkyl halides is 1. The van der Waals surface area contributed by atoms with Crippen LogP contribution in [0.15, 0.2) is 12.1 Å². The smallest absolute Gasteiger partial charge is 0.157 e. The molecule has 0 aliphatic heterocycles. The second kappa shape index (κ2) is 6.58. The van der Waals surface area contributed by atoms with Gasteiger partial charge in [-0.05, 0) is 37.0 Å². The van der Waals surface area contributed by atoms with E-state index in [4.69, 9.17) is 23.8 Å². The van der Waals surface area contributed by atoms with Gasteiger partial charge in [0.2, 0.25) is 0 Å². The molecule has 0 spiro atoms. The lowest BCUT2D eigenvalue weighted by molar-refractivity contribution is 0.407. The Morgan fingerprint density at radius 1 is 1.47 bits per heavy atom. The van der Waals surface area contributed by atoms with E-state index in [9.17, 15) is 8.78 Å². The lowest BCUT2D eigenvalue weighted by Gasteiger charge is -2.08. The van der Waals surface area contributed by atoms with Crippen LogP contribution in [0.5, 0.6) is 0 Å². The van der Waals surface area contributed by atoms with Gasteiger partial charge in [-0.2, -0.15) is 0 Å². The zero-order valence-corrected chi connectivity index (χ0v) is 10.1. The first-order valence-electron chi connectivity index (χ1n) is 5.34. The number of hydrogen-bond donors (Lipinski definition) is 1. The Balaban J connectivity index is 2.67. The van der Waals surface area contributed by atoms with Crippen molar-refractivity contribution in [2.24, 2.45) is 5.73 Å². The summed E-state index contributed by atoms with van der Waals surface area (Å²) in [6.07, 6.45) is 7.12. The average Bonchev–Trinajstić information content (AvgIpc) is 2.33. The van der Waals surface area contributed by atoms with Crippen LogP contribution < -0.4 is 5.73 Å². The highest BCUT2D eigenvalue weighted by molar-refractivity contribution is 6.30. The van der Waals surface area contributed by atoms with Crippen molar-refractivity contribution < 1.29 is 8.78 Å². The van der Waals surface area contributed by atoms with Crippen molar-refractivity contribution >= 4 is 11.6 Å². The summed E-state index contributed by atoms with van der Waals surface area (Å²) in [6, 6.07) is 2.69. The predicted octanol–water partition coefficient (Wildman–Crippen LogP) is 3.08. The Hall–Kier alpha value is -1.11. The molecule has 1 aromatic rings. The van der Waals surface area contributed by atoms with E-state index in [-0.39, 0.29) is 10.6 Å². The number of nitrogens with two attached hydrogens (primary N) is 1. The van der Waals surface area contributed by atoms with Crippen LogP contribution in [-0.4, -0.2) is 12.7 Å². The Bertz CT molecular complexity index is 426. The van der Waals surface area contributed by atoms with Crippen LogP contribution in [0.25, 0.3) is 0 Å². The van der Waals surface area contributed by atoms with Gasteiger partial charge in [0, 0.05) is 6.04 Å². The Labute approximate surface area is 105 Å². The molecule has 1 rings (SSSR count). The molecule has 4 heteroatoms. The van der Waals surface area contributed by atoms with Crippen molar-refractivity contribution in [3.8, 4) is 12.3 Å². The summed E-state index contributed by atoms with van der Waals surface area (Å²) in [5.41, 5.74) is 6.45. The molecule has 0 radical (unpaired) electrons. The van der Waals surface area contributed by atoms with Crippen molar-refractivity contribution in [1.82, 2.24) is 0 Å². The minimum absolute atomic E-state index is 0.0187. The molecule has 0 fully saturated rings. The SMILES string of the molecule is C#Cc1cc(CCC[C@@H](N)CF)cc(Cl)c1F. The average molecular weight is 258 g/mol. The van der Waals surface area contributed by atoms with E-state index in [1.165, 1.54) is 0 Å². The van der Waals surface area contributed by atoms with Gasteiger partial charge in [0.1, 0.15) is 6.67 Å². The van der Waals surface area contributed by atoms with Crippen molar-refractivity contribution in [1.29, 1.82) is 0 Å². The summed E-state index contributed by atoms with van der Waals surface area (Å²) in [7, 11) is 0. The van der Waals surface area contributed by atoms with Gasteiger partial charge >= 0.3 is 0 Å². The molecule has 0 bridgehead atoms. The molecule has 0 aliphatic rings. The van der Waals surface area contributed by atoms with E-state index in [0.29, 0.717) is 12.8 Å². The van der Waals surface area contributed by atoms with Crippen LogP contribution >= 0.6 is 11.6 Å². The number of hydrogen-bond acceptors (Lipinski definition) is 1. The molecule has 0 aliphatic carbocycles. The number of terminal acetylenes is 1. The molecular formula is C13H14ClF2N. The van der Waals surface area contributed by atoms with Crippen LogP contribution in [0, 0.1) is 18.2 Å². The molecule has 1 aromatic carbocycles. The van der Waals surface area contributed by atoms with E-state index < -0.39 is 18.5 Å². The summed E-state index contributed by atoms with van der Waals surface area (Å²) >= 11 is 5.71. The second-order valence-electron chi connectivity index (χ2n) is 3.89. The van der Waals surface area contributed by atoms with Crippen molar-refractivity contribution in [2.45, 2.75) is 25.3 Å². The van der Waals surface area contributed by atoms with Crippen LogP contribution in [0.4, 0.5) is 8.78 Å². The van der Waals surface area contributed by atoms with Gasteiger partial charge in [-0.15, -0.1) is 6.42 Å². The van der Waals surface area contributed by atoms with Crippen LogP contribution in [-0.2, 0) is 6.42 Å². The molecule has 0 heterocycles. The summed E-state index contributed by atoms with van der Waals surface area (Å²) in [6.45, 7) is -0.528. The lowest BCUT2D eigenvalue weighted by Crippen LogP contribution is -2.21. The van der Waals surface area contributed by atoms with Crippen LogP contribution in [0.2, 0.25) is 5.02 Å². The number of benzene rings is 1. The molecular weight excluding hydrogens is 244 g/mol. The maximum Gasteiger partial charge on any atom is 0.157 e. The molecule has 1 atom stereocenters. The second-order valence-corrected chi connectivity index (χ2v) is 4.30. The monoisotopic (exact) mass is 257 g/mol. The van der Waals surface area contributed by atoms with Crippen molar-refractivity contribution in [3.63, 3.8) is 0 Å². The number of aryl methyl sites for hydroxylation is 1. The van der Waals surface area contributed by atoms with E-state index in [1.807, 2.05) is 0 Å². The van der Waals surface area contributed by atoms with Crippen LogP contribution in [0.1, 0.15) is 24.0 Å². The van der Waals surface area contributed by atoms with Gasteiger partial charge in [-0.1, -0.05) is 17.5 Å². The Morgan fingerprint density at radius 3 is 2.76 bits per heavy atom. The standard InChI is InChI=1S/C13H14ClF2N/c1-2-10-6-9(7-12(14)13(10)16)4-3-5-11(17)8-15/h1,6-7,11H,3-5,8,17H2/t11-/m1/s1.